The molecule has 0 bridgehead atoms. The molecule has 3 heterocycles. The molecule has 1 saturated carbocycles. The zero-order valence-electron chi connectivity index (χ0n) is 16.2. The van der Waals surface area contributed by atoms with E-state index in [0.29, 0.717) is 17.4 Å². The van der Waals surface area contributed by atoms with E-state index in [4.69, 9.17) is 21.6 Å². The number of para-hydroxylation sites is 1. The van der Waals surface area contributed by atoms with Crippen LogP contribution in [0.15, 0.2) is 59.1 Å². The zero-order valence-corrected chi connectivity index (χ0v) is 17.0. The van der Waals surface area contributed by atoms with E-state index < -0.39 is 0 Å². The maximum Gasteiger partial charge on any atom is 0.288 e. The number of hydrogen-bond acceptors (Lipinski definition) is 6. The summed E-state index contributed by atoms with van der Waals surface area (Å²) in [7, 11) is 2.09. The van der Waals surface area contributed by atoms with Crippen molar-refractivity contribution in [1.29, 1.82) is 0 Å². The van der Waals surface area contributed by atoms with E-state index in [0.717, 1.165) is 40.3 Å². The predicted molar refractivity (Wildman–Crippen MR) is 115 cm³/mol. The smallest absolute Gasteiger partial charge is 0.288 e. The van der Waals surface area contributed by atoms with Crippen LogP contribution in [0.5, 0.6) is 0 Å². The van der Waals surface area contributed by atoms with Gasteiger partial charge in [0.05, 0.1) is 29.1 Å². The van der Waals surface area contributed by atoms with Gasteiger partial charge in [0.15, 0.2) is 0 Å². The third kappa shape index (κ3) is 3.83. The van der Waals surface area contributed by atoms with Gasteiger partial charge in [0.2, 0.25) is 5.89 Å². The molecule has 0 saturated heterocycles. The molecule has 1 fully saturated rings. The molecule has 146 valence electrons. The molecule has 29 heavy (non-hydrogen) atoms. The van der Waals surface area contributed by atoms with E-state index in [9.17, 15) is 0 Å². The molecule has 0 amide bonds. The Morgan fingerprint density at radius 1 is 1.14 bits per heavy atom. The number of fused-ring (bicyclic) bond motifs is 1. The molecule has 1 aliphatic rings. The van der Waals surface area contributed by atoms with Gasteiger partial charge in [-0.2, -0.15) is 0 Å². The fourth-order valence-corrected chi connectivity index (χ4v) is 3.71. The first-order valence-corrected chi connectivity index (χ1v) is 10.2. The quantitative estimate of drug-likeness (QED) is 0.432. The van der Waals surface area contributed by atoms with Gasteiger partial charge >= 0.3 is 0 Å². The predicted octanol–water partition coefficient (Wildman–Crippen LogP) is 4.78. The summed E-state index contributed by atoms with van der Waals surface area (Å²) in [5.41, 5.74) is 3.32. The van der Waals surface area contributed by atoms with Crippen LogP contribution in [-0.2, 0) is 6.67 Å². The SMILES string of the molecule is CN(CC1CC1)Cn1nc(-c2cc(-c3ccccn3)nc3ccccc23)oc1=S. The van der Waals surface area contributed by atoms with E-state index in [-0.39, 0.29) is 0 Å². The largest absolute Gasteiger partial charge is 0.409 e. The summed E-state index contributed by atoms with van der Waals surface area (Å²) in [4.78, 5) is 11.8. The van der Waals surface area contributed by atoms with Gasteiger partial charge in [0.25, 0.3) is 4.84 Å². The van der Waals surface area contributed by atoms with Crippen LogP contribution in [0.1, 0.15) is 12.8 Å². The third-order valence-corrected chi connectivity index (χ3v) is 5.42. The van der Waals surface area contributed by atoms with Gasteiger partial charge in [-0.25, -0.2) is 9.67 Å². The van der Waals surface area contributed by atoms with Gasteiger partial charge < -0.3 is 4.42 Å². The van der Waals surface area contributed by atoms with Gasteiger partial charge in [-0.1, -0.05) is 24.3 Å². The second kappa shape index (κ2) is 7.50. The van der Waals surface area contributed by atoms with Gasteiger partial charge in [-0.3, -0.25) is 9.88 Å². The number of pyridine rings is 2. The van der Waals surface area contributed by atoms with Crippen LogP contribution in [0, 0.1) is 10.8 Å². The standard InChI is InChI=1S/C22H21N5OS/c1-26(13-15-9-10-15)14-27-22(29)28-21(25-27)17-12-20(19-8-4-5-11-23-19)24-18-7-3-2-6-16(17)18/h2-8,11-12,15H,9-10,13-14H2,1H3. The number of rotatable bonds is 6. The van der Waals surface area contributed by atoms with Crippen molar-refractivity contribution in [2.75, 3.05) is 13.6 Å². The molecule has 1 aliphatic carbocycles. The van der Waals surface area contributed by atoms with Crippen LogP contribution in [0.25, 0.3) is 33.7 Å². The first-order chi connectivity index (χ1) is 14.2. The molecule has 0 unspecified atom stereocenters. The molecule has 4 aromatic rings. The highest BCUT2D eigenvalue weighted by Gasteiger charge is 2.23. The Kier molecular flexibility index (Phi) is 4.69. The van der Waals surface area contributed by atoms with Crippen molar-refractivity contribution in [2.45, 2.75) is 19.5 Å². The zero-order chi connectivity index (χ0) is 19.8. The minimum absolute atomic E-state index is 0.378. The lowest BCUT2D eigenvalue weighted by molar-refractivity contribution is 0.239. The molecular weight excluding hydrogens is 382 g/mol. The van der Waals surface area contributed by atoms with Crippen molar-refractivity contribution < 1.29 is 4.42 Å². The van der Waals surface area contributed by atoms with Crippen molar-refractivity contribution >= 4 is 23.1 Å². The summed E-state index contributed by atoms with van der Waals surface area (Å²) in [6.45, 7) is 1.68. The molecule has 0 spiro atoms. The van der Waals surface area contributed by atoms with E-state index in [1.54, 1.807) is 10.9 Å². The molecule has 0 atom stereocenters. The van der Waals surface area contributed by atoms with Gasteiger partial charge in [-0.05, 0) is 62.3 Å². The van der Waals surface area contributed by atoms with E-state index in [2.05, 4.69) is 22.0 Å². The van der Waals surface area contributed by atoms with Crippen molar-refractivity contribution in [3.63, 3.8) is 0 Å². The Labute approximate surface area is 173 Å². The van der Waals surface area contributed by atoms with E-state index >= 15 is 0 Å². The van der Waals surface area contributed by atoms with Crippen LogP contribution in [-0.4, -0.2) is 38.2 Å². The van der Waals surface area contributed by atoms with Crippen LogP contribution < -0.4 is 0 Å². The third-order valence-electron chi connectivity index (χ3n) is 5.12. The Hall–Kier alpha value is -2.90. The number of aromatic nitrogens is 4. The summed E-state index contributed by atoms with van der Waals surface area (Å²) >= 11 is 5.45. The average Bonchev–Trinajstić information content (AvgIpc) is 3.49. The molecule has 1 aromatic carbocycles. The fraction of sp³-hybridized carbons (Fsp3) is 0.273. The van der Waals surface area contributed by atoms with E-state index in [1.807, 2.05) is 48.5 Å². The molecule has 0 N–H and O–H groups in total. The minimum Gasteiger partial charge on any atom is -0.409 e. The van der Waals surface area contributed by atoms with Crippen molar-refractivity contribution in [3.8, 4) is 22.8 Å². The van der Waals surface area contributed by atoms with Gasteiger partial charge in [-0.15, -0.1) is 5.10 Å². The molecule has 5 rings (SSSR count). The molecule has 7 heteroatoms. The lowest BCUT2D eigenvalue weighted by atomic mass is 10.1. The summed E-state index contributed by atoms with van der Waals surface area (Å²) in [6.07, 6.45) is 4.40. The first-order valence-electron chi connectivity index (χ1n) is 9.75. The summed E-state index contributed by atoms with van der Waals surface area (Å²) in [6, 6.07) is 15.7. The topological polar surface area (TPSA) is 60.0 Å². The fourth-order valence-electron chi connectivity index (χ4n) is 3.53. The maximum atomic E-state index is 5.91. The molecular formula is C22H21N5OS. The van der Waals surface area contributed by atoms with Crippen LogP contribution >= 0.6 is 12.2 Å². The Bertz CT molecular complexity index is 1210. The van der Waals surface area contributed by atoms with Crippen molar-refractivity contribution in [1.82, 2.24) is 24.6 Å². The lowest BCUT2D eigenvalue weighted by Gasteiger charge is -2.14. The Morgan fingerprint density at radius 3 is 2.76 bits per heavy atom. The van der Waals surface area contributed by atoms with Crippen LogP contribution in [0.4, 0.5) is 0 Å². The summed E-state index contributed by atoms with van der Waals surface area (Å²) in [5.74, 6) is 1.32. The minimum atomic E-state index is 0.378. The number of benzene rings is 1. The molecule has 3 aromatic heterocycles. The molecule has 6 nitrogen and oxygen atoms in total. The normalized spacial score (nSPS) is 14.0. The Balaban J connectivity index is 1.57. The van der Waals surface area contributed by atoms with Crippen molar-refractivity contribution in [3.05, 3.63) is 59.6 Å². The highest BCUT2D eigenvalue weighted by Crippen LogP contribution is 2.31. The first kappa shape index (κ1) is 18.1. The molecule has 0 aliphatic heterocycles. The number of nitrogens with zero attached hydrogens (tertiary/aromatic N) is 5. The highest BCUT2D eigenvalue weighted by molar-refractivity contribution is 7.71. The van der Waals surface area contributed by atoms with Gasteiger partial charge in [0.1, 0.15) is 0 Å². The van der Waals surface area contributed by atoms with Gasteiger partial charge in [0, 0.05) is 18.1 Å². The highest BCUT2D eigenvalue weighted by atomic mass is 32.1. The second-order valence-electron chi connectivity index (χ2n) is 7.58. The molecule has 0 radical (unpaired) electrons. The average molecular weight is 404 g/mol. The van der Waals surface area contributed by atoms with E-state index in [1.165, 1.54) is 12.8 Å². The summed E-state index contributed by atoms with van der Waals surface area (Å²) in [5, 5.41) is 5.66. The maximum absolute atomic E-state index is 5.91. The Morgan fingerprint density at radius 2 is 1.97 bits per heavy atom. The van der Waals surface area contributed by atoms with Crippen LogP contribution in [0.2, 0.25) is 0 Å². The monoisotopic (exact) mass is 403 g/mol. The van der Waals surface area contributed by atoms with Crippen molar-refractivity contribution in [2.24, 2.45) is 5.92 Å². The van der Waals surface area contributed by atoms with Crippen LogP contribution in [0.3, 0.4) is 0 Å². The number of hydrogen-bond donors (Lipinski definition) is 0. The summed E-state index contributed by atoms with van der Waals surface area (Å²) < 4.78 is 7.67. The second-order valence-corrected chi connectivity index (χ2v) is 7.93. The lowest BCUT2D eigenvalue weighted by Crippen LogP contribution is -2.24.